The second kappa shape index (κ2) is 4.83. The minimum absolute atomic E-state index is 0.115. The van der Waals surface area contributed by atoms with Crippen LogP contribution in [0.4, 0.5) is 15.8 Å². The molecule has 1 amide bonds. The van der Waals surface area contributed by atoms with Crippen molar-refractivity contribution in [2.45, 2.75) is 6.92 Å². The minimum Gasteiger partial charge on any atom is -0.398 e. The molecular formula is C13H12FN3O. The molecule has 0 saturated carbocycles. The molecule has 2 aromatic rings. The van der Waals surface area contributed by atoms with Gasteiger partial charge in [-0.15, -0.1) is 0 Å². The van der Waals surface area contributed by atoms with Crippen LogP contribution in [0.3, 0.4) is 0 Å². The summed E-state index contributed by atoms with van der Waals surface area (Å²) in [5.41, 5.74) is 7.36. The van der Waals surface area contributed by atoms with E-state index in [1.54, 1.807) is 18.3 Å². The molecule has 4 nitrogen and oxygen atoms in total. The number of nitrogens with one attached hydrogen (secondary N) is 1. The van der Waals surface area contributed by atoms with Gasteiger partial charge in [0.25, 0.3) is 5.91 Å². The number of amides is 1. The van der Waals surface area contributed by atoms with E-state index in [2.05, 4.69) is 10.3 Å². The van der Waals surface area contributed by atoms with Gasteiger partial charge in [-0.1, -0.05) is 0 Å². The molecule has 0 aliphatic carbocycles. The monoisotopic (exact) mass is 245 g/mol. The first kappa shape index (κ1) is 12.0. The molecule has 92 valence electrons. The van der Waals surface area contributed by atoms with Crippen molar-refractivity contribution in [3.8, 4) is 0 Å². The average Bonchev–Trinajstić information content (AvgIpc) is 2.32. The topological polar surface area (TPSA) is 68.0 Å². The maximum Gasteiger partial charge on any atom is 0.257 e. The second-order valence-electron chi connectivity index (χ2n) is 3.87. The van der Waals surface area contributed by atoms with Crippen LogP contribution in [0.2, 0.25) is 0 Å². The predicted molar refractivity (Wildman–Crippen MR) is 67.7 cm³/mol. The third kappa shape index (κ3) is 2.63. The lowest BCUT2D eigenvalue weighted by Crippen LogP contribution is -2.14. The van der Waals surface area contributed by atoms with Gasteiger partial charge in [0.1, 0.15) is 5.82 Å². The van der Waals surface area contributed by atoms with Crippen molar-refractivity contribution in [1.29, 1.82) is 0 Å². The average molecular weight is 245 g/mol. The summed E-state index contributed by atoms with van der Waals surface area (Å²) in [5.74, 6) is -0.946. The molecule has 0 radical (unpaired) electrons. The normalized spacial score (nSPS) is 10.1. The third-order valence-electron chi connectivity index (χ3n) is 2.41. The van der Waals surface area contributed by atoms with Crippen LogP contribution in [0.15, 0.2) is 36.5 Å². The molecule has 3 N–H and O–H groups in total. The van der Waals surface area contributed by atoms with Crippen molar-refractivity contribution < 1.29 is 9.18 Å². The van der Waals surface area contributed by atoms with Gasteiger partial charge in [-0.05, 0) is 37.3 Å². The first-order valence-electron chi connectivity index (χ1n) is 5.35. The first-order valence-corrected chi connectivity index (χ1v) is 5.35. The molecule has 5 heteroatoms. The molecule has 0 bridgehead atoms. The zero-order valence-corrected chi connectivity index (χ0v) is 9.77. The van der Waals surface area contributed by atoms with Crippen molar-refractivity contribution in [2.24, 2.45) is 0 Å². The molecule has 2 rings (SSSR count). The highest BCUT2D eigenvalue weighted by Gasteiger charge is 2.11. The Kier molecular flexibility index (Phi) is 3.23. The van der Waals surface area contributed by atoms with Gasteiger partial charge in [-0.2, -0.15) is 0 Å². The molecule has 0 unspecified atom stereocenters. The van der Waals surface area contributed by atoms with Gasteiger partial charge in [0.2, 0.25) is 0 Å². The standard InChI is InChI=1S/C13H12FN3O/c1-8-6-10(4-5-16-8)17-13(18)11-7-9(14)2-3-12(11)15/h2-7H,15H2,1H3,(H,16,17,18). The molecule has 18 heavy (non-hydrogen) atoms. The Morgan fingerprint density at radius 3 is 2.83 bits per heavy atom. The SMILES string of the molecule is Cc1cc(NC(=O)c2cc(F)ccc2N)ccn1. The van der Waals surface area contributed by atoms with E-state index in [9.17, 15) is 9.18 Å². The number of nitrogens with two attached hydrogens (primary N) is 1. The molecule has 0 spiro atoms. The highest BCUT2D eigenvalue weighted by atomic mass is 19.1. The van der Waals surface area contributed by atoms with Gasteiger partial charge >= 0.3 is 0 Å². The molecule has 1 aromatic heterocycles. The largest absolute Gasteiger partial charge is 0.398 e. The second-order valence-corrected chi connectivity index (χ2v) is 3.87. The van der Waals surface area contributed by atoms with Gasteiger partial charge in [-0.3, -0.25) is 9.78 Å². The molecule has 0 atom stereocenters. The van der Waals surface area contributed by atoms with Crippen molar-refractivity contribution in [2.75, 3.05) is 11.1 Å². The number of anilines is 2. The van der Waals surface area contributed by atoms with E-state index in [1.807, 2.05) is 6.92 Å². The fourth-order valence-electron chi connectivity index (χ4n) is 1.55. The van der Waals surface area contributed by atoms with E-state index in [4.69, 9.17) is 5.73 Å². The summed E-state index contributed by atoms with van der Waals surface area (Å²) in [6.45, 7) is 1.81. The number of aromatic nitrogens is 1. The number of halogens is 1. The van der Waals surface area contributed by atoms with Crippen molar-refractivity contribution in [3.05, 3.63) is 53.6 Å². The quantitative estimate of drug-likeness (QED) is 0.798. The maximum atomic E-state index is 13.1. The minimum atomic E-state index is -0.500. The maximum absolute atomic E-state index is 13.1. The number of carbonyl (C=O) groups is 1. The highest BCUT2D eigenvalue weighted by Crippen LogP contribution is 2.16. The third-order valence-corrected chi connectivity index (χ3v) is 2.41. The molecule has 1 heterocycles. The fraction of sp³-hybridized carbons (Fsp3) is 0.0769. The lowest BCUT2D eigenvalue weighted by molar-refractivity contribution is 0.102. The number of aryl methyl sites for hydroxylation is 1. The van der Waals surface area contributed by atoms with Crippen LogP contribution in [0.1, 0.15) is 16.1 Å². The van der Waals surface area contributed by atoms with E-state index < -0.39 is 11.7 Å². The summed E-state index contributed by atoms with van der Waals surface area (Å²) in [4.78, 5) is 15.9. The Bertz CT molecular complexity index is 599. The summed E-state index contributed by atoms with van der Waals surface area (Å²) >= 11 is 0. The van der Waals surface area contributed by atoms with Gasteiger partial charge in [0.05, 0.1) is 5.56 Å². The number of benzene rings is 1. The summed E-state index contributed by atoms with van der Waals surface area (Å²) < 4.78 is 13.1. The fourth-order valence-corrected chi connectivity index (χ4v) is 1.55. The van der Waals surface area contributed by atoms with Crippen LogP contribution < -0.4 is 11.1 Å². The number of hydrogen-bond acceptors (Lipinski definition) is 3. The molecule has 1 aromatic carbocycles. The summed E-state index contributed by atoms with van der Waals surface area (Å²) in [5, 5.41) is 2.64. The van der Waals surface area contributed by atoms with E-state index >= 15 is 0 Å². The van der Waals surface area contributed by atoms with Crippen LogP contribution in [0.5, 0.6) is 0 Å². The van der Waals surface area contributed by atoms with E-state index in [0.717, 1.165) is 11.8 Å². The Morgan fingerprint density at radius 1 is 1.33 bits per heavy atom. The van der Waals surface area contributed by atoms with Crippen molar-refractivity contribution in [1.82, 2.24) is 4.98 Å². The lowest BCUT2D eigenvalue weighted by Gasteiger charge is -2.07. The summed E-state index contributed by atoms with van der Waals surface area (Å²) in [6, 6.07) is 7.05. The zero-order chi connectivity index (χ0) is 13.1. The number of hydrogen-bond donors (Lipinski definition) is 2. The highest BCUT2D eigenvalue weighted by molar-refractivity contribution is 6.07. The Hall–Kier alpha value is -2.43. The van der Waals surface area contributed by atoms with E-state index in [1.165, 1.54) is 12.1 Å². The van der Waals surface area contributed by atoms with Gasteiger partial charge in [-0.25, -0.2) is 4.39 Å². The molecule has 0 aliphatic rings. The lowest BCUT2D eigenvalue weighted by atomic mass is 10.1. The molecule has 0 fully saturated rings. The van der Waals surface area contributed by atoms with E-state index in [0.29, 0.717) is 5.69 Å². The Morgan fingerprint density at radius 2 is 2.11 bits per heavy atom. The summed E-state index contributed by atoms with van der Waals surface area (Å²) in [7, 11) is 0. The van der Waals surface area contributed by atoms with Crippen LogP contribution in [-0.2, 0) is 0 Å². The summed E-state index contributed by atoms with van der Waals surface area (Å²) in [6.07, 6.45) is 1.58. The van der Waals surface area contributed by atoms with Crippen LogP contribution in [0, 0.1) is 12.7 Å². The number of rotatable bonds is 2. The first-order chi connectivity index (χ1) is 8.56. The number of nitrogens with zero attached hydrogens (tertiary/aromatic N) is 1. The molecular weight excluding hydrogens is 233 g/mol. The van der Waals surface area contributed by atoms with Crippen LogP contribution in [-0.4, -0.2) is 10.9 Å². The number of carbonyl (C=O) groups excluding carboxylic acids is 1. The Labute approximate surface area is 104 Å². The van der Waals surface area contributed by atoms with E-state index in [-0.39, 0.29) is 11.3 Å². The van der Waals surface area contributed by atoms with Gasteiger partial charge in [0.15, 0.2) is 0 Å². The van der Waals surface area contributed by atoms with Crippen molar-refractivity contribution >= 4 is 17.3 Å². The zero-order valence-electron chi connectivity index (χ0n) is 9.77. The molecule has 0 aliphatic heterocycles. The van der Waals surface area contributed by atoms with Crippen LogP contribution >= 0.6 is 0 Å². The Balaban J connectivity index is 2.24. The predicted octanol–water partition coefficient (Wildman–Crippen LogP) is 2.36. The van der Waals surface area contributed by atoms with Crippen LogP contribution in [0.25, 0.3) is 0 Å². The number of pyridine rings is 1. The number of nitrogen functional groups attached to an aromatic ring is 1. The molecule has 0 saturated heterocycles. The smallest absolute Gasteiger partial charge is 0.257 e. The van der Waals surface area contributed by atoms with Gasteiger partial charge in [0, 0.05) is 23.3 Å². The van der Waals surface area contributed by atoms with Gasteiger partial charge < -0.3 is 11.1 Å². The van der Waals surface area contributed by atoms with Crippen molar-refractivity contribution in [3.63, 3.8) is 0 Å².